The first-order chi connectivity index (χ1) is 6.78. The number of anilines is 1. The average Bonchev–Trinajstić information content (AvgIpc) is 1.98. The highest BCUT2D eigenvalue weighted by atomic mass is 79.9. The molecule has 0 aliphatic heterocycles. The van der Waals surface area contributed by atoms with Crippen molar-refractivity contribution in [3.8, 4) is 0 Å². The van der Waals surface area contributed by atoms with E-state index in [0.717, 1.165) is 6.26 Å². The Balaban J connectivity index is 3.02. The summed E-state index contributed by atoms with van der Waals surface area (Å²) in [4.78, 5) is 11.4. The highest BCUT2D eigenvalue weighted by molar-refractivity contribution is 9.10. The first-order valence-corrected chi connectivity index (χ1v) is 6.54. The molecule has 0 saturated carbocycles. The van der Waals surface area contributed by atoms with Crippen LogP contribution in [0.15, 0.2) is 22.7 Å². The Morgan fingerprint density at radius 1 is 1.40 bits per heavy atom. The highest BCUT2D eigenvalue weighted by Crippen LogP contribution is 2.17. The SMILES string of the molecule is CS(=O)(=O)NC(=O)c1cc(N)cc(Br)c1. The summed E-state index contributed by atoms with van der Waals surface area (Å²) >= 11 is 3.15. The molecule has 1 aromatic carbocycles. The Morgan fingerprint density at radius 2 is 2.00 bits per heavy atom. The molecule has 0 aliphatic carbocycles. The van der Waals surface area contributed by atoms with Gasteiger partial charge in [0.05, 0.1) is 6.26 Å². The topological polar surface area (TPSA) is 89.3 Å². The lowest BCUT2D eigenvalue weighted by Crippen LogP contribution is -2.29. The van der Waals surface area contributed by atoms with Crippen molar-refractivity contribution in [2.75, 3.05) is 12.0 Å². The van der Waals surface area contributed by atoms with Gasteiger partial charge in [0, 0.05) is 15.7 Å². The summed E-state index contributed by atoms with van der Waals surface area (Å²) in [5.41, 5.74) is 6.07. The number of hydrogen-bond acceptors (Lipinski definition) is 4. The van der Waals surface area contributed by atoms with Crippen LogP contribution in [0.3, 0.4) is 0 Å². The fourth-order valence-corrected chi connectivity index (χ4v) is 1.94. The van der Waals surface area contributed by atoms with Crippen LogP contribution in [-0.4, -0.2) is 20.6 Å². The third-order valence-corrected chi connectivity index (χ3v) is 2.47. The molecule has 7 heteroatoms. The average molecular weight is 293 g/mol. The van der Waals surface area contributed by atoms with Crippen LogP contribution >= 0.6 is 15.9 Å². The minimum atomic E-state index is -3.55. The van der Waals surface area contributed by atoms with E-state index < -0.39 is 15.9 Å². The van der Waals surface area contributed by atoms with Gasteiger partial charge in [-0.1, -0.05) is 15.9 Å². The van der Waals surface area contributed by atoms with Crippen molar-refractivity contribution in [3.63, 3.8) is 0 Å². The number of sulfonamides is 1. The summed E-state index contributed by atoms with van der Waals surface area (Å²) in [6.07, 6.45) is 0.909. The molecule has 1 aromatic rings. The van der Waals surface area contributed by atoms with Crippen molar-refractivity contribution in [1.82, 2.24) is 4.72 Å². The maximum absolute atomic E-state index is 11.4. The summed E-state index contributed by atoms with van der Waals surface area (Å²) in [6, 6.07) is 4.49. The van der Waals surface area contributed by atoms with Gasteiger partial charge in [-0.05, 0) is 18.2 Å². The number of nitrogens with two attached hydrogens (primary N) is 1. The van der Waals surface area contributed by atoms with Crippen LogP contribution in [0.1, 0.15) is 10.4 Å². The molecular formula is C8H9BrN2O3S. The third-order valence-electron chi connectivity index (χ3n) is 1.46. The number of benzene rings is 1. The van der Waals surface area contributed by atoms with Gasteiger partial charge in [0.1, 0.15) is 0 Å². The Hall–Kier alpha value is -1.08. The van der Waals surface area contributed by atoms with Gasteiger partial charge in [-0.2, -0.15) is 0 Å². The van der Waals surface area contributed by atoms with Gasteiger partial charge in [-0.3, -0.25) is 4.79 Å². The molecule has 0 aromatic heterocycles. The fraction of sp³-hybridized carbons (Fsp3) is 0.125. The maximum Gasteiger partial charge on any atom is 0.264 e. The molecule has 0 bridgehead atoms. The molecule has 0 fully saturated rings. The van der Waals surface area contributed by atoms with E-state index in [9.17, 15) is 13.2 Å². The van der Waals surface area contributed by atoms with E-state index in [4.69, 9.17) is 5.73 Å². The van der Waals surface area contributed by atoms with Gasteiger partial charge in [0.2, 0.25) is 10.0 Å². The smallest absolute Gasteiger partial charge is 0.264 e. The lowest BCUT2D eigenvalue weighted by molar-refractivity contribution is 0.0981. The molecule has 15 heavy (non-hydrogen) atoms. The van der Waals surface area contributed by atoms with Crippen molar-refractivity contribution >= 4 is 37.5 Å². The predicted molar refractivity (Wildman–Crippen MR) is 60.9 cm³/mol. The van der Waals surface area contributed by atoms with Crippen LogP contribution < -0.4 is 10.5 Å². The van der Waals surface area contributed by atoms with Crippen LogP contribution in [0.4, 0.5) is 5.69 Å². The monoisotopic (exact) mass is 292 g/mol. The third kappa shape index (κ3) is 3.88. The van der Waals surface area contributed by atoms with E-state index in [0.29, 0.717) is 10.2 Å². The molecule has 0 spiro atoms. The van der Waals surface area contributed by atoms with Crippen molar-refractivity contribution in [2.24, 2.45) is 0 Å². The molecular weight excluding hydrogens is 284 g/mol. The van der Waals surface area contributed by atoms with Gasteiger partial charge < -0.3 is 5.73 Å². The summed E-state index contributed by atoms with van der Waals surface area (Å²) in [5, 5.41) is 0. The van der Waals surface area contributed by atoms with Gasteiger partial charge >= 0.3 is 0 Å². The van der Waals surface area contributed by atoms with Gasteiger partial charge in [-0.25, -0.2) is 13.1 Å². The minimum absolute atomic E-state index is 0.187. The second-order valence-corrected chi connectivity index (χ2v) is 5.64. The summed E-state index contributed by atoms with van der Waals surface area (Å²) < 4.78 is 24.1. The second kappa shape index (κ2) is 4.19. The number of carbonyl (C=O) groups excluding carboxylic acids is 1. The van der Waals surface area contributed by atoms with Crippen LogP contribution in [0.2, 0.25) is 0 Å². The second-order valence-electron chi connectivity index (χ2n) is 2.98. The zero-order chi connectivity index (χ0) is 11.6. The minimum Gasteiger partial charge on any atom is -0.399 e. The number of carbonyl (C=O) groups is 1. The Morgan fingerprint density at radius 3 is 2.47 bits per heavy atom. The van der Waals surface area contributed by atoms with E-state index >= 15 is 0 Å². The van der Waals surface area contributed by atoms with Crippen LogP contribution in [-0.2, 0) is 10.0 Å². The zero-order valence-corrected chi connectivity index (χ0v) is 10.2. The lowest BCUT2D eigenvalue weighted by Gasteiger charge is -2.04. The summed E-state index contributed by atoms with van der Waals surface area (Å²) in [7, 11) is -3.55. The molecule has 82 valence electrons. The molecule has 0 heterocycles. The number of nitrogen functional groups attached to an aromatic ring is 1. The molecule has 5 nitrogen and oxygen atoms in total. The van der Waals surface area contributed by atoms with Crippen LogP contribution in [0.25, 0.3) is 0 Å². The molecule has 1 amide bonds. The maximum atomic E-state index is 11.4. The van der Waals surface area contributed by atoms with Crippen molar-refractivity contribution in [2.45, 2.75) is 0 Å². The fourth-order valence-electron chi connectivity index (χ4n) is 0.971. The quantitative estimate of drug-likeness (QED) is 0.786. The highest BCUT2D eigenvalue weighted by Gasteiger charge is 2.11. The Labute approximate surface area is 95.8 Å². The van der Waals surface area contributed by atoms with Crippen molar-refractivity contribution < 1.29 is 13.2 Å². The molecule has 0 radical (unpaired) electrons. The summed E-state index contributed by atoms with van der Waals surface area (Å²) in [5.74, 6) is -0.703. The van der Waals surface area contributed by atoms with E-state index in [1.807, 2.05) is 4.72 Å². The number of amides is 1. The molecule has 3 N–H and O–H groups in total. The molecule has 1 rings (SSSR count). The van der Waals surface area contributed by atoms with Crippen LogP contribution in [0.5, 0.6) is 0 Å². The van der Waals surface area contributed by atoms with Crippen molar-refractivity contribution in [3.05, 3.63) is 28.2 Å². The van der Waals surface area contributed by atoms with E-state index in [2.05, 4.69) is 15.9 Å². The standard InChI is InChI=1S/C8H9BrN2O3S/c1-15(13,14)11-8(12)5-2-6(9)4-7(10)3-5/h2-4H,10H2,1H3,(H,11,12). The molecule has 0 atom stereocenters. The van der Waals surface area contributed by atoms with E-state index in [1.165, 1.54) is 12.1 Å². The first-order valence-electron chi connectivity index (χ1n) is 3.86. The molecule has 0 saturated heterocycles. The van der Waals surface area contributed by atoms with Gasteiger partial charge in [-0.15, -0.1) is 0 Å². The van der Waals surface area contributed by atoms with Crippen molar-refractivity contribution in [1.29, 1.82) is 0 Å². The van der Waals surface area contributed by atoms with Crippen LogP contribution in [0, 0.1) is 0 Å². The lowest BCUT2D eigenvalue weighted by atomic mass is 10.2. The first kappa shape index (κ1) is 12.0. The van der Waals surface area contributed by atoms with Gasteiger partial charge in [0.15, 0.2) is 0 Å². The number of halogens is 1. The summed E-state index contributed by atoms with van der Waals surface area (Å²) in [6.45, 7) is 0. The number of rotatable bonds is 2. The van der Waals surface area contributed by atoms with E-state index in [1.54, 1.807) is 6.07 Å². The predicted octanol–water partition coefficient (Wildman–Crippen LogP) is 0.721. The van der Waals surface area contributed by atoms with E-state index in [-0.39, 0.29) is 5.56 Å². The molecule has 0 unspecified atom stereocenters. The number of nitrogens with one attached hydrogen (secondary N) is 1. The largest absolute Gasteiger partial charge is 0.399 e. The normalized spacial score (nSPS) is 11.1. The zero-order valence-electron chi connectivity index (χ0n) is 7.82. The molecule has 0 aliphatic rings. The number of hydrogen-bond donors (Lipinski definition) is 2. The Kier molecular flexibility index (Phi) is 3.35. The Bertz CT molecular complexity index is 478. The van der Waals surface area contributed by atoms with Gasteiger partial charge in [0.25, 0.3) is 5.91 Å².